The molecule has 0 bridgehead atoms. The molecular formula is C26H25N3O2. The summed E-state index contributed by atoms with van der Waals surface area (Å²) in [7, 11) is 0. The van der Waals surface area contributed by atoms with Gasteiger partial charge in [0.2, 0.25) is 0 Å². The van der Waals surface area contributed by atoms with Gasteiger partial charge in [0, 0.05) is 17.8 Å². The van der Waals surface area contributed by atoms with Gasteiger partial charge in [-0.3, -0.25) is 9.48 Å². The summed E-state index contributed by atoms with van der Waals surface area (Å²) in [6, 6.07) is 25.5. The van der Waals surface area contributed by atoms with Gasteiger partial charge in [-0.2, -0.15) is 5.10 Å². The van der Waals surface area contributed by atoms with E-state index in [1.54, 1.807) is 16.8 Å². The van der Waals surface area contributed by atoms with Crippen LogP contribution in [0.1, 0.15) is 32.6 Å². The van der Waals surface area contributed by atoms with Crippen LogP contribution in [0.5, 0.6) is 5.75 Å². The monoisotopic (exact) mass is 411 g/mol. The topological polar surface area (TPSA) is 56.1 Å². The van der Waals surface area contributed by atoms with Crippen LogP contribution in [0.25, 0.3) is 0 Å². The van der Waals surface area contributed by atoms with Crippen LogP contribution in [0, 0.1) is 13.8 Å². The van der Waals surface area contributed by atoms with Gasteiger partial charge < -0.3 is 10.1 Å². The number of aromatic nitrogens is 2. The van der Waals surface area contributed by atoms with Gasteiger partial charge in [-0.25, -0.2) is 0 Å². The molecule has 1 heterocycles. The average molecular weight is 412 g/mol. The fraction of sp³-hybridized carbons (Fsp3) is 0.154. The predicted molar refractivity (Wildman–Crippen MR) is 122 cm³/mol. The Morgan fingerprint density at radius 3 is 2.58 bits per heavy atom. The number of hydrogen-bond donors (Lipinski definition) is 1. The molecule has 0 atom stereocenters. The first-order valence-electron chi connectivity index (χ1n) is 10.2. The van der Waals surface area contributed by atoms with Crippen molar-refractivity contribution >= 4 is 11.7 Å². The Morgan fingerprint density at radius 1 is 0.935 bits per heavy atom. The second-order valence-corrected chi connectivity index (χ2v) is 7.60. The lowest BCUT2D eigenvalue weighted by atomic mass is 10.1. The van der Waals surface area contributed by atoms with Crippen molar-refractivity contribution in [3.63, 3.8) is 0 Å². The number of rotatable bonds is 7. The Kier molecular flexibility index (Phi) is 6.13. The fourth-order valence-electron chi connectivity index (χ4n) is 3.30. The maximum Gasteiger partial charge on any atom is 0.256 e. The molecular weight excluding hydrogens is 386 g/mol. The predicted octanol–water partition coefficient (Wildman–Crippen LogP) is 5.38. The van der Waals surface area contributed by atoms with Crippen molar-refractivity contribution in [1.29, 1.82) is 0 Å². The van der Waals surface area contributed by atoms with E-state index in [9.17, 15) is 4.79 Å². The summed E-state index contributed by atoms with van der Waals surface area (Å²) in [5.41, 5.74) is 4.90. The second-order valence-electron chi connectivity index (χ2n) is 7.60. The van der Waals surface area contributed by atoms with Crippen molar-refractivity contribution in [1.82, 2.24) is 9.78 Å². The van der Waals surface area contributed by atoms with Gasteiger partial charge in [0.05, 0.1) is 6.54 Å². The Morgan fingerprint density at radius 2 is 1.74 bits per heavy atom. The molecule has 1 aromatic heterocycles. The van der Waals surface area contributed by atoms with Crippen LogP contribution >= 0.6 is 0 Å². The minimum atomic E-state index is -0.196. The van der Waals surface area contributed by atoms with Gasteiger partial charge in [-0.05, 0) is 54.3 Å². The second kappa shape index (κ2) is 9.30. The number of benzene rings is 3. The highest BCUT2D eigenvalue weighted by molar-refractivity contribution is 6.03. The molecule has 4 aromatic rings. The van der Waals surface area contributed by atoms with Gasteiger partial charge in [0.15, 0.2) is 5.82 Å². The molecule has 0 saturated carbocycles. The molecule has 156 valence electrons. The zero-order chi connectivity index (χ0) is 21.6. The molecule has 0 aliphatic rings. The van der Waals surface area contributed by atoms with Crippen molar-refractivity contribution in [2.45, 2.75) is 27.0 Å². The van der Waals surface area contributed by atoms with E-state index in [0.717, 1.165) is 28.0 Å². The molecule has 3 aromatic carbocycles. The first kappa shape index (κ1) is 20.4. The zero-order valence-electron chi connectivity index (χ0n) is 17.7. The van der Waals surface area contributed by atoms with Crippen molar-refractivity contribution in [3.05, 3.63) is 113 Å². The molecule has 0 saturated heterocycles. The van der Waals surface area contributed by atoms with Crippen LogP contribution in [0.2, 0.25) is 0 Å². The quantitative estimate of drug-likeness (QED) is 0.444. The molecule has 4 rings (SSSR count). The van der Waals surface area contributed by atoms with Crippen molar-refractivity contribution in [2.24, 2.45) is 0 Å². The summed E-state index contributed by atoms with van der Waals surface area (Å²) in [4.78, 5) is 12.7. The summed E-state index contributed by atoms with van der Waals surface area (Å²) in [5.74, 6) is 1.19. The lowest BCUT2D eigenvalue weighted by Crippen LogP contribution is -2.13. The van der Waals surface area contributed by atoms with Crippen molar-refractivity contribution in [2.75, 3.05) is 5.32 Å². The summed E-state index contributed by atoms with van der Waals surface area (Å²) in [6.07, 6.45) is 1.86. The largest absolute Gasteiger partial charge is 0.489 e. The molecule has 0 radical (unpaired) electrons. The van der Waals surface area contributed by atoms with Crippen LogP contribution in [-0.2, 0) is 13.2 Å². The number of nitrogens with zero attached hydrogens (tertiary/aromatic N) is 2. The Labute approximate surface area is 182 Å². The Bertz CT molecular complexity index is 1180. The van der Waals surface area contributed by atoms with Gasteiger partial charge in [-0.15, -0.1) is 0 Å². The number of amides is 1. The van der Waals surface area contributed by atoms with Crippen LogP contribution in [0.3, 0.4) is 0 Å². The number of hydrogen-bond acceptors (Lipinski definition) is 3. The van der Waals surface area contributed by atoms with Gasteiger partial charge in [-0.1, -0.05) is 54.6 Å². The lowest BCUT2D eigenvalue weighted by molar-refractivity contribution is 0.102. The summed E-state index contributed by atoms with van der Waals surface area (Å²) >= 11 is 0. The van der Waals surface area contributed by atoms with E-state index in [1.807, 2.05) is 80.7 Å². The van der Waals surface area contributed by atoms with Crippen molar-refractivity contribution in [3.8, 4) is 5.75 Å². The molecule has 0 fully saturated rings. The standard InChI is InChI=1S/C26H25N3O2/c1-19-11-12-20(2)24(15-19)31-18-22-9-6-10-23(16-22)26(30)27-25-13-14-29(28-25)17-21-7-4-3-5-8-21/h3-16H,17-18H2,1-2H3,(H,27,28,30). The third-order valence-electron chi connectivity index (χ3n) is 5.00. The molecule has 0 aliphatic heterocycles. The maximum absolute atomic E-state index is 12.7. The lowest BCUT2D eigenvalue weighted by Gasteiger charge is -2.11. The fourth-order valence-corrected chi connectivity index (χ4v) is 3.30. The maximum atomic E-state index is 12.7. The Balaban J connectivity index is 1.38. The smallest absolute Gasteiger partial charge is 0.256 e. The normalized spacial score (nSPS) is 10.6. The number of ether oxygens (including phenoxy) is 1. The molecule has 31 heavy (non-hydrogen) atoms. The van der Waals surface area contributed by atoms with Crippen molar-refractivity contribution < 1.29 is 9.53 Å². The van der Waals surface area contributed by atoms with E-state index in [2.05, 4.69) is 16.5 Å². The minimum absolute atomic E-state index is 0.196. The van der Waals surface area contributed by atoms with E-state index in [-0.39, 0.29) is 5.91 Å². The van der Waals surface area contributed by atoms with E-state index in [1.165, 1.54) is 0 Å². The Hall–Kier alpha value is -3.86. The molecule has 5 heteroatoms. The average Bonchev–Trinajstić information content (AvgIpc) is 3.22. The van der Waals surface area contributed by atoms with E-state index in [4.69, 9.17) is 4.74 Å². The third-order valence-corrected chi connectivity index (χ3v) is 5.00. The molecule has 0 spiro atoms. The number of nitrogens with one attached hydrogen (secondary N) is 1. The van der Waals surface area contributed by atoms with Crippen LogP contribution in [-0.4, -0.2) is 15.7 Å². The minimum Gasteiger partial charge on any atom is -0.489 e. The van der Waals surface area contributed by atoms with E-state index >= 15 is 0 Å². The molecule has 5 nitrogen and oxygen atoms in total. The summed E-state index contributed by atoms with van der Waals surface area (Å²) < 4.78 is 7.77. The number of carbonyl (C=O) groups excluding carboxylic acids is 1. The highest BCUT2D eigenvalue weighted by Crippen LogP contribution is 2.21. The number of anilines is 1. The van der Waals surface area contributed by atoms with E-state index in [0.29, 0.717) is 24.5 Å². The first-order chi connectivity index (χ1) is 15.1. The third kappa shape index (κ3) is 5.39. The first-order valence-corrected chi connectivity index (χ1v) is 10.2. The van der Waals surface area contributed by atoms with E-state index < -0.39 is 0 Å². The van der Waals surface area contributed by atoms with Gasteiger partial charge in [0.25, 0.3) is 5.91 Å². The molecule has 1 amide bonds. The van der Waals surface area contributed by atoms with Crippen LogP contribution in [0.15, 0.2) is 85.1 Å². The summed E-state index contributed by atoms with van der Waals surface area (Å²) in [5, 5.41) is 7.32. The molecule has 1 N–H and O–H groups in total. The summed E-state index contributed by atoms with van der Waals surface area (Å²) in [6.45, 7) is 5.12. The SMILES string of the molecule is Cc1ccc(C)c(OCc2cccc(C(=O)Nc3ccn(Cc4ccccc4)n3)c2)c1. The number of aryl methyl sites for hydroxylation is 2. The number of carbonyl (C=O) groups is 1. The molecule has 0 unspecified atom stereocenters. The van der Waals surface area contributed by atoms with Crippen LogP contribution < -0.4 is 10.1 Å². The molecule has 0 aliphatic carbocycles. The van der Waals surface area contributed by atoms with Gasteiger partial charge in [0.1, 0.15) is 12.4 Å². The highest BCUT2D eigenvalue weighted by atomic mass is 16.5. The van der Waals surface area contributed by atoms with Crippen LogP contribution in [0.4, 0.5) is 5.82 Å². The zero-order valence-corrected chi connectivity index (χ0v) is 17.7. The highest BCUT2D eigenvalue weighted by Gasteiger charge is 2.10. The van der Waals surface area contributed by atoms with Gasteiger partial charge >= 0.3 is 0 Å².